The first-order chi connectivity index (χ1) is 18.6. The van der Waals surface area contributed by atoms with Gasteiger partial charge in [-0.3, -0.25) is 15.1 Å². The van der Waals surface area contributed by atoms with Crippen LogP contribution in [0, 0.1) is 15.9 Å². The molecular weight excluding hydrogens is 523 g/mol. The van der Waals surface area contributed by atoms with E-state index < -0.39 is 16.3 Å². The summed E-state index contributed by atoms with van der Waals surface area (Å²) in [5.74, 6) is -0.490. The van der Waals surface area contributed by atoms with E-state index in [2.05, 4.69) is 22.0 Å². The normalized spacial score (nSPS) is 13.9. The topological polar surface area (TPSA) is 98.0 Å². The highest BCUT2D eigenvalue weighted by Gasteiger charge is 2.26. The summed E-state index contributed by atoms with van der Waals surface area (Å²) in [7, 11) is 0. The molecule has 4 aromatic rings. The van der Waals surface area contributed by atoms with E-state index in [4.69, 9.17) is 9.47 Å². The smallest absolute Gasteiger partial charge is 0.410 e. The summed E-state index contributed by atoms with van der Waals surface area (Å²) in [5, 5.41) is 10.9. The van der Waals surface area contributed by atoms with Gasteiger partial charge in [0, 0.05) is 55.1 Å². The number of amides is 1. The van der Waals surface area contributed by atoms with Crippen molar-refractivity contribution in [1.29, 1.82) is 0 Å². The number of thiophene rings is 1. The lowest BCUT2D eigenvalue weighted by molar-refractivity contribution is -0.385. The van der Waals surface area contributed by atoms with Gasteiger partial charge in [-0.2, -0.15) is 0 Å². The minimum absolute atomic E-state index is 0.0980. The highest BCUT2D eigenvalue weighted by atomic mass is 32.1. The lowest BCUT2D eigenvalue weighted by Gasteiger charge is -2.36. The van der Waals surface area contributed by atoms with Crippen LogP contribution in [0.5, 0.6) is 11.5 Å². The predicted molar refractivity (Wildman–Crippen MR) is 148 cm³/mol. The fourth-order valence-electron chi connectivity index (χ4n) is 4.25. The van der Waals surface area contributed by atoms with Gasteiger partial charge in [0.2, 0.25) is 0 Å². The molecule has 0 N–H and O–H groups in total. The van der Waals surface area contributed by atoms with Crippen LogP contribution in [0.4, 0.5) is 20.6 Å². The third kappa shape index (κ3) is 5.93. The van der Waals surface area contributed by atoms with Gasteiger partial charge in [-0.15, -0.1) is 11.3 Å². The number of benzene rings is 2. The average molecular weight is 551 g/mol. The second-order valence-electron chi connectivity index (χ2n) is 10.1. The number of carbonyl (C=O) groups excluding carboxylic acids is 1. The zero-order chi connectivity index (χ0) is 27.7. The number of carbonyl (C=O) groups is 1. The number of non-ortho nitro benzene ring substituents is 1. The first kappa shape index (κ1) is 26.4. The predicted octanol–water partition coefficient (Wildman–Crippen LogP) is 6.86. The Hall–Kier alpha value is -4.25. The van der Waals surface area contributed by atoms with Gasteiger partial charge in [0.25, 0.3) is 5.69 Å². The molecule has 0 bridgehead atoms. The van der Waals surface area contributed by atoms with Crippen LogP contribution in [0.3, 0.4) is 0 Å². The SMILES string of the molecule is CC(C)(C)OC(=O)N1CCN(c2ccc(-c3cc4nccc(Oc5ccc([N+](=O)[O-])cc5F)c4s3)cc2)CC1. The van der Waals surface area contributed by atoms with Gasteiger partial charge in [0.15, 0.2) is 11.6 Å². The summed E-state index contributed by atoms with van der Waals surface area (Å²) in [6, 6.07) is 15.1. The van der Waals surface area contributed by atoms with Crippen molar-refractivity contribution in [1.82, 2.24) is 9.88 Å². The molecule has 0 aliphatic carbocycles. The number of anilines is 1. The lowest BCUT2D eigenvalue weighted by atomic mass is 10.1. The number of hydrogen-bond acceptors (Lipinski definition) is 8. The molecule has 5 rings (SSSR count). The van der Waals surface area contributed by atoms with E-state index >= 15 is 0 Å². The molecule has 2 aromatic carbocycles. The summed E-state index contributed by atoms with van der Waals surface area (Å²) in [4.78, 5) is 32.0. The van der Waals surface area contributed by atoms with Crippen molar-refractivity contribution in [3.05, 3.63) is 76.7 Å². The summed E-state index contributed by atoms with van der Waals surface area (Å²) in [6.45, 7) is 8.20. The van der Waals surface area contributed by atoms with Crippen LogP contribution in [-0.4, -0.2) is 52.7 Å². The summed E-state index contributed by atoms with van der Waals surface area (Å²) in [6.07, 6.45) is 1.30. The van der Waals surface area contributed by atoms with Crippen LogP contribution in [0.15, 0.2) is 60.8 Å². The van der Waals surface area contributed by atoms with E-state index in [0.29, 0.717) is 37.4 Å². The Balaban J connectivity index is 1.29. The van der Waals surface area contributed by atoms with Crippen molar-refractivity contribution >= 4 is 39.0 Å². The monoisotopic (exact) mass is 550 g/mol. The van der Waals surface area contributed by atoms with Gasteiger partial charge < -0.3 is 19.3 Å². The van der Waals surface area contributed by atoms with Gasteiger partial charge in [0.1, 0.15) is 11.4 Å². The fourth-order valence-corrected chi connectivity index (χ4v) is 5.32. The molecule has 0 saturated carbocycles. The number of rotatable bonds is 5. The molecule has 0 atom stereocenters. The van der Waals surface area contributed by atoms with Crippen LogP contribution in [0.25, 0.3) is 20.7 Å². The molecule has 9 nitrogen and oxygen atoms in total. The molecule has 1 aliphatic heterocycles. The van der Waals surface area contributed by atoms with Crippen LogP contribution in [-0.2, 0) is 4.74 Å². The maximum atomic E-state index is 14.4. The van der Waals surface area contributed by atoms with Crippen LogP contribution >= 0.6 is 11.3 Å². The van der Waals surface area contributed by atoms with E-state index in [-0.39, 0.29) is 17.5 Å². The van der Waals surface area contributed by atoms with Gasteiger partial charge >= 0.3 is 6.09 Å². The van der Waals surface area contributed by atoms with Crippen molar-refractivity contribution < 1.29 is 23.6 Å². The Labute approximate surface area is 228 Å². The Morgan fingerprint density at radius 3 is 2.38 bits per heavy atom. The number of ether oxygens (including phenoxy) is 2. The summed E-state index contributed by atoms with van der Waals surface area (Å²) < 4.78 is 26.4. The quantitative estimate of drug-likeness (QED) is 0.198. The Morgan fingerprint density at radius 1 is 1.03 bits per heavy atom. The van der Waals surface area contributed by atoms with E-state index in [1.54, 1.807) is 17.2 Å². The first-order valence-electron chi connectivity index (χ1n) is 12.4. The second-order valence-corrected chi connectivity index (χ2v) is 11.2. The standard InChI is InChI=1S/C28H27FN4O5S/c1-28(2,3)38-27(34)32-14-12-31(13-15-32)19-6-4-18(5-7-19)25-17-22-26(39-25)24(10-11-30-22)37-23-9-8-20(33(35)36)16-21(23)29/h4-11,16-17H,12-15H2,1-3H3. The molecule has 1 aliphatic rings. The third-order valence-corrected chi connectivity index (χ3v) is 7.36. The number of nitro groups is 1. The maximum Gasteiger partial charge on any atom is 0.410 e. The van der Waals surface area contributed by atoms with E-state index in [0.717, 1.165) is 26.9 Å². The first-order valence-corrected chi connectivity index (χ1v) is 13.2. The van der Waals surface area contributed by atoms with Crippen molar-refractivity contribution in [2.24, 2.45) is 0 Å². The molecule has 1 saturated heterocycles. The molecule has 11 heteroatoms. The molecule has 0 spiro atoms. The maximum absolute atomic E-state index is 14.4. The molecular formula is C28H27FN4O5S. The van der Waals surface area contributed by atoms with Gasteiger partial charge in [0.05, 0.1) is 21.2 Å². The fraction of sp³-hybridized carbons (Fsp3) is 0.286. The Morgan fingerprint density at radius 2 is 1.74 bits per heavy atom. The molecule has 39 heavy (non-hydrogen) atoms. The number of nitro benzene ring substituents is 1. The van der Waals surface area contributed by atoms with Crippen LogP contribution < -0.4 is 9.64 Å². The summed E-state index contributed by atoms with van der Waals surface area (Å²) in [5.41, 5.74) is 1.92. The molecule has 1 amide bonds. The lowest BCUT2D eigenvalue weighted by Crippen LogP contribution is -2.50. The Kier molecular flexibility index (Phi) is 7.09. The highest BCUT2D eigenvalue weighted by Crippen LogP contribution is 2.40. The minimum atomic E-state index is -0.812. The molecule has 0 radical (unpaired) electrons. The van der Waals surface area contributed by atoms with Crippen molar-refractivity contribution in [3.63, 3.8) is 0 Å². The number of fused-ring (bicyclic) bond motifs is 1. The molecule has 202 valence electrons. The summed E-state index contributed by atoms with van der Waals surface area (Å²) >= 11 is 1.47. The average Bonchev–Trinajstić information content (AvgIpc) is 3.34. The minimum Gasteiger partial charge on any atom is -0.453 e. The molecule has 3 heterocycles. The van der Waals surface area contributed by atoms with Crippen LogP contribution in [0.1, 0.15) is 20.8 Å². The van der Waals surface area contributed by atoms with Crippen molar-refractivity contribution in [2.45, 2.75) is 26.4 Å². The number of aromatic nitrogens is 1. The molecule has 2 aromatic heterocycles. The van der Waals surface area contributed by atoms with Crippen molar-refractivity contribution in [2.75, 3.05) is 31.1 Å². The third-order valence-electron chi connectivity index (χ3n) is 6.17. The molecule has 1 fully saturated rings. The number of hydrogen-bond donors (Lipinski definition) is 0. The number of nitrogens with zero attached hydrogens (tertiary/aromatic N) is 4. The van der Waals surface area contributed by atoms with Crippen LogP contribution in [0.2, 0.25) is 0 Å². The number of halogens is 1. The van der Waals surface area contributed by atoms with E-state index in [1.165, 1.54) is 23.5 Å². The van der Waals surface area contributed by atoms with Gasteiger partial charge in [-0.25, -0.2) is 9.18 Å². The van der Waals surface area contributed by atoms with E-state index in [1.807, 2.05) is 39.0 Å². The van der Waals surface area contributed by atoms with Crippen molar-refractivity contribution in [3.8, 4) is 21.9 Å². The highest BCUT2D eigenvalue weighted by molar-refractivity contribution is 7.22. The number of piperazine rings is 1. The largest absolute Gasteiger partial charge is 0.453 e. The molecule has 0 unspecified atom stereocenters. The van der Waals surface area contributed by atoms with Gasteiger partial charge in [-0.1, -0.05) is 12.1 Å². The number of pyridine rings is 1. The van der Waals surface area contributed by atoms with Gasteiger partial charge in [-0.05, 0) is 50.6 Å². The van der Waals surface area contributed by atoms with E-state index in [9.17, 15) is 19.3 Å². The zero-order valence-corrected chi connectivity index (χ0v) is 22.5. The Bertz CT molecular complexity index is 1530. The second kappa shape index (κ2) is 10.5. The zero-order valence-electron chi connectivity index (χ0n) is 21.7.